The van der Waals surface area contributed by atoms with Crippen molar-refractivity contribution in [3.8, 4) is 0 Å². The maximum atomic E-state index is 14.6. The van der Waals surface area contributed by atoms with Gasteiger partial charge in [0.1, 0.15) is 10.5 Å². The molecular formula is C30H20Cl4I2O2S. The number of sulfone groups is 1. The molecule has 0 aliphatic carbocycles. The van der Waals surface area contributed by atoms with Gasteiger partial charge in [0.05, 0.1) is 0 Å². The number of rotatable bonds is 8. The average molecular weight is 840 g/mol. The predicted molar refractivity (Wildman–Crippen MR) is 184 cm³/mol. The van der Waals surface area contributed by atoms with E-state index >= 15 is 0 Å². The van der Waals surface area contributed by atoms with Crippen molar-refractivity contribution in [1.29, 1.82) is 0 Å². The SMILES string of the molecule is O=S(=O)(C(/C=C/c1ccc(I)cc1)c1ccc(Cl)cc1Cl)C(/C=C/c1ccc(I)cc1)c1ccc(Cl)cc1Cl. The van der Waals surface area contributed by atoms with E-state index in [-0.39, 0.29) is 10.0 Å². The van der Waals surface area contributed by atoms with Crippen LogP contribution in [0, 0.1) is 7.14 Å². The summed E-state index contributed by atoms with van der Waals surface area (Å²) in [6, 6.07) is 25.2. The first-order chi connectivity index (χ1) is 18.5. The second kappa shape index (κ2) is 13.7. The monoisotopic (exact) mass is 838 g/mol. The Labute approximate surface area is 276 Å². The number of benzene rings is 4. The fraction of sp³-hybridized carbons (Fsp3) is 0.0667. The third kappa shape index (κ3) is 8.03. The third-order valence-corrected chi connectivity index (χ3v) is 10.7. The standard InChI is InChI=1S/C30H20Cl4I2O2S/c31-21-7-13-25(27(33)17-21)29(15-5-19-1-9-23(35)10-2-19)39(37,38)30(26-14-8-22(32)18-28(26)34)16-6-20-3-11-24(36)12-4-20/h1-18,29-30H/b15-5+,16-6+. The second-order valence-corrected chi connectivity index (χ2v) is 15.0. The molecule has 0 spiro atoms. The van der Waals surface area contributed by atoms with E-state index in [4.69, 9.17) is 46.4 Å². The van der Waals surface area contributed by atoms with Gasteiger partial charge in [-0.3, -0.25) is 0 Å². The molecule has 2 atom stereocenters. The average Bonchev–Trinajstić information content (AvgIpc) is 2.88. The van der Waals surface area contributed by atoms with Gasteiger partial charge in [0, 0.05) is 27.2 Å². The van der Waals surface area contributed by atoms with Gasteiger partial charge in [-0.15, -0.1) is 0 Å². The molecule has 0 aliphatic heterocycles. The fourth-order valence-electron chi connectivity index (χ4n) is 3.95. The van der Waals surface area contributed by atoms with Crippen molar-refractivity contribution in [2.45, 2.75) is 10.5 Å². The van der Waals surface area contributed by atoms with Gasteiger partial charge in [0.2, 0.25) is 0 Å². The lowest BCUT2D eigenvalue weighted by molar-refractivity contribution is 0.584. The van der Waals surface area contributed by atoms with Gasteiger partial charge in [0.25, 0.3) is 0 Å². The predicted octanol–water partition coefficient (Wildman–Crippen LogP) is 11.1. The van der Waals surface area contributed by atoms with E-state index in [1.165, 1.54) is 0 Å². The Morgan fingerprint density at radius 2 is 0.923 bits per heavy atom. The van der Waals surface area contributed by atoms with Crippen LogP contribution in [0.5, 0.6) is 0 Å². The Balaban J connectivity index is 1.88. The topological polar surface area (TPSA) is 34.1 Å². The molecule has 2 unspecified atom stereocenters. The molecule has 200 valence electrons. The van der Waals surface area contributed by atoms with Gasteiger partial charge >= 0.3 is 0 Å². The van der Waals surface area contributed by atoms with E-state index in [2.05, 4.69) is 45.2 Å². The van der Waals surface area contributed by atoms with E-state index in [0.717, 1.165) is 18.3 Å². The molecule has 4 rings (SSSR count). The van der Waals surface area contributed by atoms with Crippen LogP contribution in [0.15, 0.2) is 97.1 Å². The molecule has 2 nitrogen and oxygen atoms in total. The van der Waals surface area contributed by atoms with Gasteiger partial charge in [0.15, 0.2) is 9.84 Å². The molecule has 0 aromatic heterocycles. The van der Waals surface area contributed by atoms with Crippen LogP contribution in [-0.4, -0.2) is 8.42 Å². The van der Waals surface area contributed by atoms with E-state index in [1.807, 2.05) is 48.5 Å². The third-order valence-electron chi connectivity index (χ3n) is 5.91. The maximum absolute atomic E-state index is 14.6. The minimum Gasteiger partial charge on any atom is -0.227 e. The smallest absolute Gasteiger partial charge is 0.171 e. The molecule has 0 aliphatic rings. The summed E-state index contributed by atoms with van der Waals surface area (Å²) in [7, 11) is -4.03. The summed E-state index contributed by atoms with van der Waals surface area (Å²) in [5, 5.41) is -0.856. The Bertz CT molecular complexity index is 1520. The summed E-state index contributed by atoms with van der Waals surface area (Å²) in [5.41, 5.74) is 2.55. The second-order valence-electron chi connectivity index (χ2n) is 8.58. The molecule has 0 saturated heterocycles. The minimum absolute atomic E-state index is 0.255. The molecule has 9 heteroatoms. The normalized spacial score (nSPS) is 13.7. The van der Waals surface area contributed by atoms with Crippen LogP contribution in [0.2, 0.25) is 20.1 Å². The largest absolute Gasteiger partial charge is 0.227 e. The highest BCUT2D eigenvalue weighted by molar-refractivity contribution is 14.1. The van der Waals surface area contributed by atoms with Crippen LogP contribution in [-0.2, 0) is 9.84 Å². The molecule has 0 bridgehead atoms. The molecule has 0 amide bonds. The van der Waals surface area contributed by atoms with Gasteiger partial charge in [-0.2, -0.15) is 0 Å². The molecule has 0 N–H and O–H groups in total. The molecule has 0 fully saturated rings. The van der Waals surface area contributed by atoms with Crippen LogP contribution in [0.1, 0.15) is 32.8 Å². The Morgan fingerprint density at radius 1 is 0.564 bits per heavy atom. The molecule has 39 heavy (non-hydrogen) atoms. The van der Waals surface area contributed by atoms with Crippen molar-refractivity contribution >= 4 is 114 Å². The summed E-state index contributed by atoms with van der Waals surface area (Å²) in [6.45, 7) is 0. The number of halogens is 6. The highest BCUT2D eigenvalue weighted by atomic mass is 127. The Hall–Kier alpha value is -1.07. The molecule has 0 radical (unpaired) electrons. The Kier molecular flexibility index (Phi) is 10.9. The molecule has 4 aromatic carbocycles. The van der Waals surface area contributed by atoms with Crippen molar-refractivity contribution < 1.29 is 8.42 Å². The van der Waals surface area contributed by atoms with Gasteiger partial charge in [-0.05, 0) is 116 Å². The first-order valence-electron chi connectivity index (χ1n) is 11.5. The molecule has 0 saturated carbocycles. The summed E-state index contributed by atoms with van der Waals surface area (Å²) in [4.78, 5) is 0. The van der Waals surface area contributed by atoms with Crippen LogP contribution in [0.4, 0.5) is 0 Å². The summed E-state index contributed by atoms with van der Waals surface area (Å²) in [6.07, 6.45) is 6.88. The van der Waals surface area contributed by atoms with Crippen LogP contribution in [0.25, 0.3) is 12.2 Å². The molecular weight excluding hydrogens is 820 g/mol. The van der Waals surface area contributed by atoms with Gasteiger partial charge in [-0.1, -0.05) is 107 Å². The number of hydrogen-bond donors (Lipinski definition) is 0. The Morgan fingerprint density at radius 3 is 1.26 bits per heavy atom. The highest BCUT2D eigenvalue weighted by Gasteiger charge is 2.35. The van der Waals surface area contributed by atoms with E-state index in [0.29, 0.717) is 21.2 Å². The van der Waals surface area contributed by atoms with Crippen molar-refractivity contribution in [3.63, 3.8) is 0 Å². The minimum atomic E-state index is -4.03. The van der Waals surface area contributed by atoms with Crippen LogP contribution in [0.3, 0.4) is 0 Å². The van der Waals surface area contributed by atoms with Crippen molar-refractivity contribution in [1.82, 2.24) is 0 Å². The summed E-state index contributed by atoms with van der Waals surface area (Å²) in [5.74, 6) is 0. The van der Waals surface area contributed by atoms with Crippen molar-refractivity contribution in [2.24, 2.45) is 0 Å². The van der Waals surface area contributed by atoms with Crippen LogP contribution < -0.4 is 0 Å². The molecule has 4 aromatic rings. The van der Waals surface area contributed by atoms with Crippen LogP contribution >= 0.6 is 91.6 Å². The first kappa shape index (κ1) is 30.9. The lowest BCUT2D eigenvalue weighted by Gasteiger charge is -2.23. The zero-order valence-corrected chi connectivity index (χ0v) is 28.2. The quantitative estimate of drug-likeness (QED) is 0.166. The van der Waals surface area contributed by atoms with E-state index in [1.54, 1.807) is 60.7 Å². The summed E-state index contributed by atoms with van der Waals surface area (Å²) < 4.78 is 31.3. The van der Waals surface area contributed by atoms with Crippen molar-refractivity contribution in [2.75, 3.05) is 0 Å². The first-order valence-corrected chi connectivity index (χ1v) is 16.8. The van der Waals surface area contributed by atoms with Gasteiger partial charge in [-0.25, -0.2) is 8.42 Å². The highest BCUT2D eigenvalue weighted by Crippen LogP contribution is 2.42. The zero-order valence-electron chi connectivity index (χ0n) is 20.0. The summed E-state index contributed by atoms with van der Waals surface area (Å²) >= 11 is 29.9. The zero-order chi connectivity index (χ0) is 28.2. The lowest BCUT2D eigenvalue weighted by atomic mass is 10.1. The fourth-order valence-corrected chi connectivity index (χ4v) is 7.88. The lowest BCUT2D eigenvalue weighted by Crippen LogP contribution is -2.19. The van der Waals surface area contributed by atoms with E-state index in [9.17, 15) is 8.42 Å². The van der Waals surface area contributed by atoms with Gasteiger partial charge < -0.3 is 0 Å². The van der Waals surface area contributed by atoms with Crippen molar-refractivity contribution in [3.05, 3.63) is 147 Å². The maximum Gasteiger partial charge on any atom is 0.171 e. The molecule has 0 heterocycles. The van der Waals surface area contributed by atoms with E-state index < -0.39 is 20.3 Å². The number of hydrogen-bond acceptors (Lipinski definition) is 2.